The lowest BCUT2D eigenvalue weighted by atomic mass is 10.2. The van der Waals surface area contributed by atoms with Crippen molar-refractivity contribution in [2.24, 2.45) is 0 Å². The zero-order valence-electron chi connectivity index (χ0n) is 10.1. The summed E-state index contributed by atoms with van der Waals surface area (Å²) in [7, 11) is 0. The number of amides is 1. The smallest absolute Gasteiger partial charge is 0.236 e. The maximum Gasteiger partial charge on any atom is 0.236 e. The van der Waals surface area contributed by atoms with Crippen LogP contribution in [0.4, 0.5) is 5.13 Å². The predicted molar refractivity (Wildman–Crippen MR) is 79.9 cm³/mol. The average molecular weight is 353 g/mol. The van der Waals surface area contributed by atoms with Gasteiger partial charge >= 0.3 is 0 Å². The van der Waals surface area contributed by atoms with Gasteiger partial charge in [0.2, 0.25) is 5.91 Å². The van der Waals surface area contributed by atoms with Crippen LogP contribution in [0.3, 0.4) is 0 Å². The van der Waals surface area contributed by atoms with Crippen molar-refractivity contribution < 1.29 is 13.6 Å². The maximum atomic E-state index is 11.4. The number of rotatable bonds is 4. The third-order valence-electron chi connectivity index (χ3n) is 2.49. The second kappa shape index (κ2) is 5.64. The summed E-state index contributed by atoms with van der Waals surface area (Å²) in [5, 5.41) is 3.44. The quantitative estimate of drug-likeness (QED) is 0.720. The molecule has 0 radical (unpaired) electrons. The number of carbonyl (C=O) groups is 1. The Balaban J connectivity index is 2.05. The molecule has 3 aromatic rings. The average Bonchev–Trinajstić information content (AvgIpc) is 3.18. The van der Waals surface area contributed by atoms with Crippen molar-refractivity contribution in [3.63, 3.8) is 0 Å². The number of halogens is 1. The molecule has 1 N–H and O–H groups in total. The Morgan fingerprint density at radius 2 is 1.95 bits per heavy atom. The maximum absolute atomic E-state index is 11.4. The molecular weight excluding hydrogens is 344 g/mol. The highest BCUT2D eigenvalue weighted by Crippen LogP contribution is 2.39. The molecule has 0 saturated heterocycles. The third-order valence-corrected chi connectivity index (χ3v) is 3.99. The molecule has 0 aromatic carbocycles. The normalized spacial score (nSPS) is 10.7. The molecule has 1 amide bonds. The summed E-state index contributed by atoms with van der Waals surface area (Å²) in [5.74, 6) is 1.16. The lowest BCUT2D eigenvalue weighted by Crippen LogP contribution is -2.11. The summed E-state index contributed by atoms with van der Waals surface area (Å²) >= 11 is 4.44. The number of alkyl halides is 1. The van der Waals surface area contributed by atoms with E-state index >= 15 is 0 Å². The van der Waals surface area contributed by atoms with Crippen molar-refractivity contribution in [3.05, 3.63) is 36.8 Å². The number of anilines is 1. The molecule has 0 unspecified atom stereocenters. The van der Waals surface area contributed by atoms with Gasteiger partial charge in [0.1, 0.15) is 16.3 Å². The van der Waals surface area contributed by atoms with E-state index in [1.165, 1.54) is 11.3 Å². The molecular formula is C13H9BrN2O3S. The van der Waals surface area contributed by atoms with E-state index in [1.807, 2.05) is 12.1 Å². The summed E-state index contributed by atoms with van der Waals surface area (Å²) in [5.41, 5.74) is 0.653. The minimum atomic E-state index is -0.157. The van der Waals surface area contributed by atoms with E-state index in [-0.39, 0.29) is 11.2 Å². The molecule has 0 atom stereocenters. The molecule has 3 aromatic heterocycles. The lowest BCUT2D eigenvalue weighted by Gasteiger charge is -1.95. The molecule has 0 saturated carbocycles. The van der Waals surface area contributed by atoms with Gasteiger partial charge in [0.25, 0.3) is 0 Å². The Hall–Kier alpha value is -1.86. The Kier molecular flexibility index (Phi) is 3.70. The highest BCUT2D eigenvalue weighted by molar-refractivity contribution is 9.09. The van der Waals surface area contributed by atoms with Gasteiger partial charge in [-0.15, -0.1) is 0 Å². The summed E-state index contributed by atoms with van der Waals surface area (Å²) in [4.78, 5) is 16.7. The zero-order valence-corrected chi connectivity index (χ0v) is 12.5. The van der Waals surface area contributed by atoms with Gasteiger partial charge in [-0.3, -0.25) is 4.79 Å². The van der Waals surface area contributed by atoms with Gasteiger partial charge in [0.15, 0.2) is 10.9 Å². The third kappa shape index (κ3) is 2.54. The van der Waals surface area contributed by atoms with Crippen LogP contribution in [-0.4, -0.2) is 16.2 Å². The summed E-state index contributed by atoms with van der Waals surface area (Å²) < 4.78 is 10.8. The molecule has 0 aliphatic heterocycles. The Morgan fingerprint density at radius 1 is 1.25 bits per heavy atom. The number of hydrogen-bond acceptors (Lipinski definition) is 5. The van der Waals surface area contributed by atoms with Gasteiger partial charge in [0.05, 0.1) is 17.9 Å². The lowest BCUT2D eigenvalue weighted by molar-refractivity contribution is -0.113. The molecule has 0 aliphatic rings. The first kappa shape index (κ1) is 13.1. The van der Waals surface area contributed by atoms with Crippen molar-refractivity contribution in [3.8, 4) is 22.1 Å². The first-order valence-corrected chi connectivity index (χ1v) is 7.66. The second-order valence-corrected chi connectivity index (χ2v) is 5.39. The zero-order chi connectivity index (χ0) is 13.9. The molecule has 0 aliphatic carbocycles. The van der Waals surface area contributed by atoms with Gasteiger partial charge in [-0.25, -0.2) is 4.98 Å². The highest BCUT2D eigenvalue weighted by atomic mass is 79.9. The molecule has 7 heteroatoms. The van der Waals surface area contributed by atoms with E-state index in [0.29, 0.717) is 22.3 Å². The van der Waals surface area contributed by atoms with E-state index < -0.39 is 0 Å². The van der Waals surface area contributed by atoms with Crippen LogP contribution < -0.4 is 5.32 Å². The number of furan rings is 2. The van der Waals surface area contributed by atoms with Gasteiger partial charge in [-0.2, -0.15) is 0 Å². The van der Waals surface area contributed by atoms with Crippen LogP contribution in [0.5, 0.6) is 0 Å². The number of hydrogen-bond donors (Lipinski definition) is 1. The fourth-order valence-corrected chi connectivity index (χ4v) is 2.78. The molecule has 20 heavy (non-hydrogen) atoms. The molecule has 0 spiro atoms. The first-order chi connectivity index (χ1) is 9.78. The van der Waals surface area contributed by atoms with Gasteiger partial charge in [-0.05, 0) is 24.3 Å². The first-order valence-electron chi connectivity index (χ1n) is 5.72. The minimum absolute atomic E-state index is 0.157. The predicted octanol–water partition coefficient (Wildman–Crippen LogP) is 4.00. The van der Waals surface area contributed by atoms with E-state index in [4.69, 9.17) is 8.83 Å². The molecule has 0 fully saturated rings. The van der Waals surface area contributed by atoms with Crippen molar-refractivity contribution >= 4 is 38.3 Å². The van der Waals surface area contributed by atoms with Crippen LogP contribution in [0.1, 0.15) is 0 Å². The van der Waals surface area contributed by atoms with E-state index in [0.717, 1.165) is 4.88 Å². The van der Waals surface area contributed by atoms with E-state index in [2.05, 4.69) is 26.2 Å². The SMILES string of the molecule is O=C(CBr)Nc1nc(-c2ccco2)c(-c2ccco2)s1. The monoisotopic (exact) mass is 352 g/mol. The molecule has 3 heterocycles. The van der Waals surface area contributed by atoms with Gasteiger partial charge < -0.3 is 14.2 Å². The van der Waals surface area contributed by atoms with Gasteiger partial charge in [0, 0.05) is 0 Å². The van der Waals surface area contributed by atoms with E-state index in [1.54, 1.807) is 24.7 Å². The van der Waals surface area contributed by atoms with Crippen LogP contribution in [0.15, 0.2) is 45.6 Å². The summed E-state index contributed by atoms with van der Waals surface area (Å²) in [6.45, 7) is 0. The second-order valence-electron chi connectivity index (χ2n) is 3.83. The molecule has 0 bridgehead atoms. The number of nitrogens with zero attached hydrogens (tertiary/aromatic N) is 1. The van der Waals surface area contributed by atoms with Crippen LogP contribution in [-0.2, 0) is 4.79 Å². The molecule has 5 nitrogen and oxygen atoms in total. The standard InChI is InChI=1S/C13H9BrN2O3S/c14-7-10(17)15-13-16-11(8-3-1-5-18-8)12(20-13)9-4-2-6-19-9/h1-6H,7H2,(H,15,16,17). The van der Waals surface area contributed by atoms with Crippen LogP contribution in [0.2, 0.25) is 0 Å². The van der Waals surface area contributed by atoms with Crippen molar-refractivity contribution in [1.29, 1.82) is 0 Å². The molecule has 3 rings (SSSR count). The van der Waals surface area contributed by atoms with Gasteiger partial charge in [-0.1, -0.05) is 27.3 Å². The summed E-state index contributed by atoms with van der Waals surface area (Å²) in [6.07, 6.45) is 3.18. The highest BCUT2D eigenvalue weighted by Gasteiger charge is 2.19. The Bertz CT molecular complexity index is 652. The Labute approximate surface area is 126 Å². The number of nitrogens with one attached hydrogen (secondary N) is 1. The van der Waals surface area contributed by atoms with Crippen molar-refractivity contribution in [2.75, 3.05) is 10.6 Å². The van der Waals surface area contributed by atoms with Crippen molar-refractivity contribution in [1.82, 2.24) is 4.98 Å². The fourth-order valence-electron chi connectivity index (χ4n) is 1.68. The fraction of sp³-hybridized carbons (Fsp3) is 0.0769. The topological polar surface area (TPSA) is 68.3 Å². The van der Waals surface area contributed by atoms with E-state index in [9.17, 15) is 4.79 Å². The number of thiazole rings is 1. The largest absolute Gasteiger partial charge is 0.463 e. The van der Waals surface area contributed by atoms with Crippen LogP contribution in [0, 0.1) is 0 Å². The van der Waals surface area contributed by atoms with Crippen LogP contribution >= 0.6 is 27.3 Å². The molecule has 102 valence electrons. The minimum Gasteiger partial charge on any atom is -0.463 e. The van der Waals surface area contributed by atoms with Crippen LogP contribution in [0.25, 0.3) is 22.1 Å². The number of carbonyl (C=O) groups excluding carboxylic acids is 1. The Morgan fingerprint density at radius 3 is 2.55 bits per heavy atom. The van der Waals surface area contributed by atoms with Crippen molar-refractivity contribution in [2.45, 2.75) is 0 Å². The number of aromatic nitrogens is 1. The summed E-state index contributed by atoms with van der Waals surface area (Å²) in [6, 6.07) is 7.25.